The van der Waals surface area contributed by atoms with Crippen molar-refractivity contribution in [3.8, 4) is 0 Å². The van der Waals surface area contributed by atoms with Gasteiger partial charge in [-0.1, -0.05) is 29.8 Å². The molecule has 0 aromatic heterocycles. The summed E-state index contributed by atoms with van der Waals surface area (Å²) in [5.74, 6) is 2.74. The average Bonchev–Trinajstić information content (AvgIpc) is 2.90. The first-order valence-electron chi connectivity index (χ1n) is 6.54. The number of aryl methyl sites for hydroxylation is 1. The Labute approximate surface area is 114 Å². The number of hydrogen-bond acceptors (Lipinski definition) is 3. The van der Waals surface area contributed by atoms with Crippen LogP contribution in [-0.2, 0) is 0 Å². The lowest BCUT2D eigenvalue weighted by Gasteiger charge is -2.22. The Morgan fingerprint density at radius 3 is 2.72 bits per heavy atom. The smallest absolute Gasteiger partial charge is 0.164 e. The maximum absolute atomic E-state index is 12.0. The van der Waals surface area contributed by atoms with E-state index >= 15 is 0 Å². The molecular weight excluding hydrogens is 242 g/mol. The van der Waals surface area contributed by atoms with E-state index in [2.05, 4.69) is 11.9 Å². The third kappa shape index (κ3) is 3.59. The molecule has 0 aliphatic carbocycles. The van der Waals surface area contributed by atoms with Gasteiger partial charge in [-0.25, -0.2) is 0 Å². The van der Waals surface area contributed by atoms with Crippen LogP contribution in [0.4, 0.5) is 0 Å². The number of thioether (sulfide) groups is 1. The lowest BCUT2D eigenvalue weighted by atomic mass is 10.1. The molecule has 0 N–H and O–H groups in total. The number of ketones is 1. The van der Waals surface area contributed by atoms with Gasteiger partial charge >= 0.3 is 0 Å². The Balaban J connectivity index is 1.82. The van der Waals surface area contributed by atoms with E-state index in [1.54, 1.807) is 0 Å². The minimum absolute atomic E-state index is 0.257. The van der Waals surface area contributed by atoms with Crippen molar-refractivity contribution >= 4 is 17.5 Å². The molecule has 0 bridgehead atoms. The van der Waals surface area contributed by atoms with Crippen molar-refractivity contribution in [3.63, 3.8) is 0 Å². The number of carbonyl (C=O) groups excluding carboxylic acids is 1. The fourth-order valence-electron chi connectivity index (χ4n) is 2.21. The molecule has 1 aromatic carbocycles. The van der Waals surface area contributed by atoms with Gasteiger partial charge in [0, 0.05) is 30.3 Å². The predicted octanol–water partition coefficient (Wildman–Crippen LogP) is 3.01. The van der Waals surface area contributed by atoms with E-state index in [1.807, 2.05) is 43.0 Å². The third-order valence-corrected chi connectivity index (χ3v) is 4.74. The highest BCUT2D eigenvalue weighted by Crippen LogP contribution is 2.21. The molecule has 1 unspecified atom stereocenters. The van der Waals surface area contributed by atoms with Crippen LogP contribution in [0, 0.1) is 6.92 Å². The molecule has 0 saturated carbocycles. The minimum atomic E-state index is 0.257. The van der Waals surface area contributed by atoms with Crippen LogP contribution in [0.25, 0.3) is 0 Å². The van der Waals surface area contributed by atoms with Crippen LogP contribution in [0.1, 0.15) is 28.8 Å². The largest absolute Gasteiger partial charge is 0.302 e. The summed E-state index contributed by atoms with van der Waals surface area (Å²) in [6, 6.07) is 8.54. The normalized spacial score (nSPS) is 19.4. The van der Waals surface area contributed by atoms with E-state index < -0.39 is 0 Å². The number of hydrogen-bond donors (Lipinski definition) is 0. The van der Waals surface area contributed by atoms with Crippen molar-refractivity contribution in [2.45, 2.75) is 25.8 Å². The summed E-state index contributed by atoms with van der Waals surface area (Å²) in [6.45, 7) is 2.91. The highest BCUT2D eigenvalue weighted by Gasteiger charge is 2.20. The molecule has 1 saturated heterocycles. The maximum atomic E-state index is 12.0. The highest BCUT2D eigenvalue weighted by atomic mass is 32.2. The van der Waals surface area contributed by atoms with Crippen molar-refractivity contribution in [3.05, 3.63) is 35.4 Å². The van der Waals surface area contributed by atoms with Crippen molar-refractivity contribution in [2.24, 2.45) is 0 Å². The van der Waals surface area contributed by atoms with Gasteiger partial charge in [0.05, 0.1) is 0 Å². The van der Waals surface area contributed by atoms with Crippen molar-refractivity contribution in [1.82, 2.24) is 4.90 Å². The van der Waals surface area contributed by atoms with Gasteiger partial charge < -0.3 is 4.90 Å². The van der Waals surface area contributed by atoms with Gasteiger partial charge in [0.1, 0.15) is 0 Å². The van der Waals surface area contributed by atoms with Crippen molar-refractivity contribution in [1.29, 1.82) is 0 Å². The first-order valence-corrected chi connectivity index (χ1v) is 7.70. The Hall–Kier alpha value is -0.800. The van der Waals surface area contributed by atoms with Crippen molar-refractivity contribution < 1.29 is 4.79 Å². The van der Waals surface area contributed by atoms with Gasteiger partial charge in [-0.3, -0.25) is 4.79 Å². The molecule has 3 heteroatoms. The number of nitrogens with zero attached hydrogens (tertiary/aromatic N) is 1. The first-order chi connectivity index (χ1) is 8.66. The number of carbonyl (C=O) groups is 1. The third-order valence-electron chi connectivity index (χ3n) is 3.59. The lowest BCUT2D eigenvalue weighted by molar-refractivity contribution is 0.0963. The number of benzene rings is 1. The molecule has 0 spiro atoms. The minimum Gasteiger partial charge on any atom is -0.302 e. The summed E-state index contributed by atoms with van der Waals surface area (Å²) in [5, 5.41) is 0. The molecule has 1 atom stereocenters. The molecule has 0 amide bonds. The van der Waals surface area contributed by atoms with E-state index in [-0.39, 0.29) is 5.78 Å². The second kappa shape index (κ2) is 6.39. The summed E-state index contributed by atoms with van der Waals surface area (Å²) in [4.78, 5) is 14.4. The van der Waals surface area contributed by atoms with Crippen molar-refractivity contribution in [2.75, 3.05) is 25.1 Å². The van der Waals surface area contributed by atoms with Crippen LogP contribution in [0.2, 0.25) is 0 Å². The van der Waals surface area contributed by atoms with E-state index in [0.29, 0.717) is 12.5 Å². The zero-order valence-corrected chi connectivity index (χ0v) is 12.0. The highest BCUT2D eigenvalue weighted by molar-refractivity contribution is 7.99. The second-order valence-corrected chi connectivity index (χ2v) is 6.19. The molecule has 98 valence electrons. The molecule has 18 heavy (non-hydrogen) atoms. The van der Waals surface area contributed by atoms with Crippen LogP contribution in [-0.4, -0.2) is 41.8 Å². The van der Waals surface area contributed by atoms with E-state index in [0.717, 1.165) is 12.1 Å². The van der Waals surface area contributed by atoms with Crippen LogP contribution < -0.4 is 0 Å². The van der Waals surface area contributed by atoms with Gasteiger partial charge in [0.15, 0.2) is 5.78 Å². The Morgan fingerprint density at radius 1 is 1.39 bits per heavy atom. The van der Waals surface area contributed by atoms with Gasteiger partial charge in [0.2, 0.25) is 0 Å². The SMILES string of the molecule is Cc1ccc(C(=O)CCN(C)C2CCSC2)cc1. The van der Waals surface area contributed by atoms with Gasteiger partial charge in [-0.2, -0.15) is 11.8 Å². The van der Waals surface area contributed by atoms with Crippen LogP contribution in [0.15, 0.2) is 24.3 Å². The Bertz CT molecular complexity index is 395. The van der Waals surface area contributed by atoms with Gasteiger partial charge in [0.25, 0.3) is 0 Å². The van der Waals surface area contributed by atoms with Gasteiger partial charge in [-0.05, 0) is 26.1 Å². The zero-order chi connectivity index (χ0) is 13.0. The topological polar surface area (TPSA) is 20.3 Å². The second-order valence-electron chi connectivity index (χ2n) is 5.04. The molecule has 2 nitrogen and oxygen atoms in total. The lowest BCUT2D eigenvalue weighted by Crippen LogP contribution is -2.33. The zero-order valence-electron chi connectivity index (χ0n) is 11.2. The predicted molar refractivity (Wildman–Crippen MR) is 78.5 cm³/mol. The molecule has 1 fully saturated rings. The van der Waals surface area contributed by atoms with E-state index in [4.69, 9.17) is 0 Å². The summed E-state index contributed by atoms with van der Waals surface area (Å²) >= 11 is 2.02. The molecule has 1 heterocycles. The fraction of sp³-hybridized carbons (Fsp3) is 0.533. The molecular formula is C15H21NOS. The summed E-state index contributed by atoms with van der Waals surface area (Å²) in [6.07, 6.45) is 1.89. The maximum Gasteiger partial charge on any atom is 0.164 e. The molecule has 2 rings (SSSR count). The molecule has 1 aromatic rings. The fourth-order valence-corrected chi connectivity index (χ4v) is 3.51. The van der Waals surface area contributed by atoms with Gasteiger partial charge in [-0.15, -0.1) is 0 Å². The van der Waals surface area contributed by atoms with Crippen LogP contribution in [0.5, 0.6) is 0 Å². The Morgan fingerprint density at radius 2 is 2.11 bits per heavy atom. The van der Waals surface area contributed by atoms with Crippen LogP contribution >= 0.6 is 11.8 Å². The number of Topliss-reactive ketones (excluding diaryl/α,β-unsaturated/α-hetero) is 1. The molecule has 1 aliphatic heterocycles. The summed E-state index contributed by atoms with van der Waals surface area (Å²) in [5.41, 5.74) is 2.04. The standard InChI is InChI=1S/C15H21NOS/c1-12-3-5-13(6-4-12)15(17)7-9-16(2)14-8-10-18-11-14/h3-6,14H,7-11H2,1-2H3. The molecule has 1 aliphatic rings. The van der Waals surface area contributed by atoms with E-state index in [1.165, 1.54) is 23.5 Å². The number of rotatable bonds is 5. The first kappa shape index (κ1) is 13.6. The summed E-state index contributed by atoms with van der Waals surface area (Å²) in [7, 11) is 2.14. The quantitative estimate of drug-likeness (QED) is 0.762. The Kier molecular flexibility index (Phi) is 4.84. The van der Waals surface area contributed by atoms with Crippen LogP contribution in [0.3, 0.4) is 0 Å². The summed E-state index contributed by atoms with van der Waals surface area (Å²) < 4.78 is 0. The monoisotopic (exact) mass is 263 g/mol. The average molecular weight is 263 g/mol. The van der Waals surface area contributed by atoms with E-state index in [9.17, 15) is 4.79 Å². The molecule has 0 radical (unpaired) electrons.